The first kappa shape index (κ1) is 16.9. The highest BCUT2D eigenvalue weighted by Gasteiger charge is 2.16. The standard InChI is InChI=1S/C17H13ClIN3O2S/c1-10-2-3-11(6-13(10)18)21-8-20-17-22(9-21)16(23)14(25-17)7-12-4-5-15(19)24-12/h2-7H,8-9H2,1H3. The topological polar surface area (TPSA) is 50.7 Å². The van der Waals surface area contributed by atoms with Gasteiger partial charge >= 0.3 is 0 Å². The third-order valence-corrected chi connectivity index (χ3v) is 6.00. The van der Waals surface area contributed by atoms with Gasteiger partial charge in [0.15, 0.2) is 8.57 Å². The lowest BCUT2D eigenvalue weighted by Crippen LogP contribution is -2.42. The van der Waals surface area contributed by atoms with Crippen LogP contribution in [0.1, 0.15) is 11.3 Å². The first-order valence-corrected chi connectivity index (χ1v) is 9.81. The largest absolute Gasteiger partial charge is 0.451 e. The minimum absolute atomic E-state index is 0.0573. The van der Waals surface area contributed by atoms with Gasteiger partial charge in [-0.05, 0) is 59.3 Å². The molecule has 1 aliphatic rings. The zero-order valence-corrected chi connectivity index (χ0v) is 16.9. The lowest BCUT2D eigenvalue weighted by Gasteiger charge is -2.26. The molecule has 8 heteroatoms. The summed E-state index contributed by atoms with van der Waals surface area (Å²) in [6.45, 7) is 2.92. The minimum Gasteiger partial charge on any atom is -0.451 e. The average Bonchev–Trinajstić information content (AvgIpc) is 3.14. The van der Waals surface area contributed by atoms with Gasteiger partial charge in [-0.25, -0.2) is 4.99 Å². The van der Waals surface area contributed by atoms with Crippen molar-refractivity contribution in [2.24, 2.45) is 4.99 Å². The number of hydrogen-bond acceptors (Lipinski definition) is 5. The molecule has 2 aromatic heterocycles. The Morgan fingerprint density at radius 3 is 2.92 bits per heavy atom. The molecule has 128 valence electrons. The van der Waals surface area contributed by atoms with Crippen LogP contribution >= 0.6 is 45.5 Å². The second kappa shape index (κ2) is 6.62. The molecular formula is C17H13ClIN3O2S. The molecule has 0 spiro atoms. The summed E-state index contributed by atoms with van der Waals surface area (Å²) < 4.78 is 8.61. The lowest BCUT2D eigenvalue weighted by molar-refractivity contribution is 0.528. The highest BCUT2D eigenvalue weighted by molar-refractivity contribution is 14.1. The molecule has 0 N–H and O–H groups in total. The Bertz CT molecular complexity index is 1130. The number of benzene rings is 1. The maximum Gasteiger partial charge on any atom is 0.271 e. The molecule has 1 aromatic carbocycles. The predicted molar refractivity (Wildman–Crippen MR) is 108 cm³/mol. The molecule has 0 unspecified atom stereocenters. The van der Waals surface area contributed by atoms with Crippen LogP contribution in [0.4, 0.5) is 5.69 Å². The third-order valence-electron chi connectivity index (χ3n) is 3.96. The summed E-state index contributed by atoms with van der Waals surface area (Å²) in [5, 5.41) is 0.711. The summed E-state index contributed by atoms with van der Waals surface area (Å²) in [5.74, 6) is 0.669. The Morgan fingerprint density at radius 1 is 1.36 bits per heavy atom. The molecule has 0 atom stereocenters. The number of aryl methyl sites for hydroxylation is 1. The van der Waals surface area contributed by atoms with Gasteiger partial charge < -0.3 is 9.32 Å². The van der Waals surface area contributed by atoms with Gasteiger partial charge in [0.25, 0.3) is 5.56 Å². The monoisotopic (exact) mass is 485 g/mol. The molecule has 3 aromatic rings. The van der Waals surface area contributed by atoms with E-state index in [0.717, 1.165) is 19.8 Å². The van der Waals surface area contributed by atoms with E-state index in [2.05, 4.69) is 27.6 Å². The van der Waals surface area contributed by atoms with E-state index in [0.29, 0.717) is 28.7 Å². The predicted octanol–water partition coefficient (Wildman–Crippen LogP) is 2.95. The van der Waals surface area contributed by atoms with Gasteiger partial charge in [-0.15, -0.1) is 0 Å². The van der Waals surface area contributed by atoms with Crippen molar-refractivity contribution >= 4 is 57.3 Å². The SMILES string of the molecule is Cc1ccc(N2CN=c3sc(=Cc4ccc(I)o4)c(=O)n3C2)cc1Cl. The van der Waals surface area contributed by atoms with E-state index < -0.39 is 0 Å². The van der Waals surface area contributed by atoms with Crippen LogP contribution in [0, 0.1) is 10.7 Å². The van der Waals surface area contributed by atoms with Crippen LogP contribution in [-0.4, -0.2) is 11.2 Å². The van der Waals surface area contributed by atoms with Crippen molar-refractivity contribution in [1.29, 1.82) is 0 Å². The van der Waals surface area contributed by atoms with Crippen LogP contribution in [0.2, 0.25) is 5.02 Å². The number of halogens is 2. The van der Waals surface area contributed by atoms with E-state index in [9.17, 15) is 4.79 Å². The van der Waals surface area contributed by atoms with E-state index in [1.165, 1.54) is 11.3 Å². The van der Waals surface area contributed by atoms with E-state index >= 15 is 0 Å². The summed E-state index contributed by atoms with van der Waals surface area (Å²) >= 11 is 9.70. The van der Waals surface area contributed by atoms with Crippen LogP contribution in [0.3, 0.4) is 0 Å². The summed E-state index contributed by atoms with van der Waals surface area (Å²) in [6.07, 6.45) is 1.77. The zero-order valence-electron chi connectivity index (χ0n) is 13.2. The van der Waals surface area contributed by atoms with Crippen LogP contribution in [0.25, 0.3) is 6.08 Å². The number of fused-ring (bicyclic) bond motifs is 1. The molecule has 1 aliphatic heterocycles. The molecule has 0 radical (unpaired) electrons. The molecule has 0 saturated heterocycles. The maximum absolute atomic E-state index is 12.7. The number of rotatable bonds is 2. The molecule has 0 aliphatic carbocycles. The minimum atomic E-state index is -0.0573. The van der Waals surface area contributed by atoms with Gasteiger partial charge in [0.1, 0.15) is 19.1 Å². The van der Waals surface area contributed by atoms with E-state index in [1.807, 2.05) is 42.2 Å². The van der Waals surface area contributed by atoms with Gasteiger partial charge in [0, 0.05) is 16.8 Å². The summed E-state index contributed by atoms with van der Waals surface area (Å²) in [6, 6.07) is 9.60. The molecular weight excluding hydrogens is 473 g/mol. The third kappa shape index (κ3) is 3.28. The highest BCUT2D eigenvalue weighted by atomic mass is 127. The Hall–Kier alpha value is -1.58. The van der Waals surface area contributed by atoms with Gasteiger partial charge in [-0.3, -0.25) is 9.36 Å². The van der Waals surface area contributed by atoms with Crippen molar-refractivity contribution in [3.05, 3.63) is 70.1 Å². The highest BCUT2D eigenvalue weighted by Crippen LogP contribution is 2.23. The first-order chi connectivity index (χ1) is 12.0. The normalized spacial score (nSPS) is 14.5. The molecule has 0 fully saturated rings. The van der Waals surface area contributed by atoms with Crippen molar-refractivity contribution in [1.82, 2.24) is 4.57 Å². The average molecular weight is 486 g/mol. The Balaban J connectivity index is 1.71. The molecule has 4 rings (SSSR count). The van der Waals surface area contributed by atoms with Gasteiger partial charge in [-0.2, -0.15) is 0 Å². The van der Waals surface area contributed by atoms with E-state index in [4.69, 9.17) is 16.0 Å². The quantitative estimate of drug-likeness (QED) is 0.525. The zero-order chi connectivity index (χ0) is 17.6. The van der Waals surface area contributed by atoms with Crippen molar-refractivity contribution in [3.63, 3.8) is 0 Å². The summed E-state index contributed by atoms with van der Waals surface area (Å²) in [7, 11) is 0. The fourth-order valence-electron chi connectivity index (χ4n) is 2.59. The van der Waals surface area contributed by atoms with Crippen LogP contribution in [0.15, 0.2) is 44.5 Å². The number of furan rings is 1. The number of nitrogens with zero attached hydrogens (tertiary/aromatic N) is 3. The molecule has 3 heterocycles. The molecule has 25 heavy (non-hydrogen) atoms. The second-order valence-corrected chi connectivity index (χ2v) is 8.16. The maximum atomic E-state index is 12.7. The molecule has 5 nitrogen and oxygen atoms in total. The second-order valence-electron chi connectivity index (χ2n) is 5.68. The number of aromatic nitrogens is 1. The van der Waals surface area contributed by atoms with Crippen LogP contribution < -0.4 is 19.8 Å². The van der Waals surface area contributed by atoms with Crippen molar-refractivity contribution in [3.8, 4) is 0 Å². The van der Waals surface area contributed by atoms with Gasteiger partial charge in [0.05, 0.1) is 4.53 Å². The molecule has 0 amide bonds. The lowest BCUT2D eigenvalue weighted by atomic mass is 10.2. The van der Waals surface area contributed by atoms with E-state index in [1.54, 1.807) is 10.6 Å². The fourth-order valence-corrected chi connectivity index (χ4v) is 4.14. The number of hydrogen-bond donors (Lipinski definition) is 0. The van der Waals surface area contributed by atoms with Gasteiger partial charge in [-0.1, -0.05) is 29.0 Å². The van der Waals surface area contributed by atoms with Crippen molar-refractivity contribution in [2.75, 3.05) is 11.6 Å². The van der Waals surface area contributed by atoms with E-state index in [-0.39, 0.29) is 5.56 Å². The summed E-state index contributed by atoms with van der Waals surface area (Å²) in [4.78, 5) is 20.0. The van der Waals surface area contributed by atoms with Crippen molar-refractivity contribution in [2.45, 2.75) is 13.6 Å². The fraction of sp³-hybridized carbons (Fsp3) is 0.176. The molecule has 0 saturated carbocycles. The van der Waals surface area contributed by atoms with Crippen molar-refractivity contribution < 1.29 is 4.42 Å². The van der Waals surface area contributed by atoms with Crippen LogP contribution in [-0.2, 0) is 6.67 Å². The number of thiazole rings is 1. The smallest absolute Gasteiger partial charge is 0.271 e. The Morgan fingerprint density at radius 2 is 2.20 bits per heavy atom. The number of anilines is 1. The Kier molecular flexibility index (Phi) is 4.47. The molecule has 0 bridgehead atoms. The first-order valence-electron chi connectivity index (χ1n) is 7.53. The van der Waals surface area contributed by atoms with Gasteiger partial charge in [0.2, 0.25) is 0 Å². The Labute approximate surface area is 166 Å². The summed E-state index contributed by atoms with van der Waals surface area (Å²) in [5.41, 5.74) is 1.92. The van der Waals surface area contributed by atoms with Crippen LogP contribution in [0.5, 0.6) is 0 Å².